The van der Waals surface area contributed by atoms with Crippen molar-refractivity contribution in [3.63, 3.8) is 0 Å². The molecule has 0 bridgehead atoms. The summed E-state index contributed by atoms with van der Waals surface area (Å²) in [7, 11) is 1.68. The lowest BCUT2D eigenvalue weighted by atomic mass is 10.1. The molecule has 0 amide bonds. The maximum Gasteiger partial charge on any atom is 0.280 e. The maximum absolute atomic E-state index is 12.7. The zero-order valence-corrected chi connectivity index (χ0v) is 10.1. The quantitative estimate of drug-likeness (QED) is 0.872. The summed E-state index contributed by atoms with van der Waals surface area (Å²) in [6.07, 6.45) is -2.61. The number of alkyl halides is 2. The average molecular weight is 257 g/mol. The van der Waals surface area contributed by atoms with Crippen molar-refractivity contribution in [2.75, 3.05) is 12.4 Å². The van der Waals surface area contributed by atoms with Gasteiger partial charge in [-0.15, -0.1) is 0 Å². The molecule has 0 radical (unpaired) electrons. The van der Waals surface area contributed by atoms with Gasteiger partial charge in [0.25, 0.3) is 6.43 Å². The Bertz CT molecular complexity index is 570. The second kappa shape index (κ2) is 4.45. The topological polar surface area (TPSA) is 24.9 Å². The summed E-state index contributed by atoms with van der Waals surface area (Å²) in [5.74, 6) is 0. The molecule has 17 heavy (non-hydrogen) atoms. The minimum Gasteiger partial charge on any atom is -0.388 e. The molecule has 5 heteroatoms. The molecule has 2 rings (SSSR count). The minimum absolute atomic E-state index is 0.269. The fourth-order valence-corrected chi connectivity index (χ4v) is 2.01. The zero-order chi connectivity index (χ0) is 12.6. The molecule has 90 valence electrons. The van der Waals surface area contributed by atoms with Crippen LogP contribution in [0.3, 0.4) is 0 Å². The molecule has 1 aromatic heterocycles. The Labute approximate surface area is 103 Å². The third kappa shape index (κ3) is 2.05. The van der Waals surface area contributed by atoms with Crippen LogP contribution in [-0.4, -0.2) is 12.0 Å². The van der Waals surface area contributed by atoms with Crippen molar-refractivity contribution >= 4 is 28.2 Å². The SMILES string of the molecule is CNc1cc(C(F)F)nc2c(Cl)ccc(C)c12. The van der Waals surface area contributed by atoms with E-state index in [2.05, 4.69) is 10.3 Å². The Morgan fingerprint density at radius 2 is 2.06 bits per heavy atom. The lowest BCUT2D eigenvalue weighted by Crippen LogP contribution is -1.98. The molecule has 0 saturated carbocycles. The second-order valence-corrected chi connectivity index (χ2v) is 4.14. The summed E-state index contributed by atoms with van der Waals surface area (Å²) < 4.78 is 25.4. The van der Waals surface area contributed by atoms with Gasteiger partial charge in [0.15, 0.2) is 0 Å². The van der Waals surface area contributed by atoms with Gasteiger partial charge in [0.05, 0.1) is 10.5 Å². The Balaban J connectivity index is 2.87. The molecule has 0 spiro atoms. The van der Waals surface area contributed by atoms with Gasteiger partial charge in [-0.25, -0.2) is 13.8 Å². The Hall–Kier alpha value is -1.42. The normalized spacial score (nSPS) is 11.2. The van der Waals surface area contributed by atoms with E-state index < -0.39 is 6.43 Å². The number of aromatic nitrogens is 1. The minimum atomic E-state index is -2.61. The van der Waals surface area contributed by atoms with Crippen molar-refractivity contribution in [2.24, 2.45) is 0 Å². The number of nitrogens with zero attached hydrogens (tertiary/aromatic N) is 1. The monoisotopic (exact) mass is 256 g/mol. The van der Waals surface area contributed by atoms with Gasteiger partial charge in [0.2, 0.25) is 0 Å². The van der Waals surface area contributed by atoms with Gasteiger partial charge in [0, 0.05) is 18.1 Å². The highest BCUT2D eigenvalue weighted by atomic mass is 35.5. The number of fused-ring (bicyclic) bond motifs is 1. The highest BCUT2D eigenvalue weighted by Crippen LogP contribution is 2.33. The highest BCUT2D eigenvalue weighted by Gasteiger charge is 2.15. The van der Waals surface area contributed by atoms with Gasteiger partial charge in [-0.2, -0.15) is 0 Å². The fourth-order valence-electron chi connectivity index (χ4n) is 1.81. The van der Waals surface area contributed by atoms with Crippen LogP contribution in [0.1, 0.15) is 17.7 Å². The molecule has 0 saturated heterocycles. The summed E-state index contributed by atoms with van der Waals surface area (Å²) in [5.41, 5.74) is 1.70. The molecule has 0 atom stereocenters. The third-order valence-electron chi connectivity index (χ3n) is 2.63. The second-order valence-electron chi connectivity index (χ2n) is 3.73. The Morgan fingerprint density at radius 1 is 1.35 bits per heavy atom. The van der Waals surface area contributed by atoms with E-state index in [9.17, 15) is 8.78 Å². The Morgan fingerprint density at radius 3 is 2.65 bits per heavy atom. The van der Waals surface area contributed by atoms with E-state index in [1.165, 1.54) is 6.07 Å². The summed E-state index contributed by atoms with van der Waals surface area (Å²) >= 11 is 6.00. The van der Waals surface area contributed by atoms with Crippen LogP contribution in [0.2, 0.25) is 5.02 Å². The number of hydrogen-bond donors (Lipinski definition) is 1. The van der Waals surface area contributed by atoms with Crippen LogP contribution >= 0.6 is 11.6 Å². The van der Waals surface area contributed by atoms with Crippen LogP contribution in [0, 0.1) is 6.92 Å². The number of pyridine rings is 1. The van der Waals surface area contributed by atoms with Crippen LogP contribution in [0.15, 0.2) is 18.2 Å². The summed E-state index contributed by atoms with van der Waals surface area (Å²) in [6, 6.07) is 4.87. The largest absolute Gasteiger partial charge is 0.388 e. The highest BCUT2D eigenvalue weighted by molar-refractivity contribution is 6.35. The molecule has 0 aliphatic heterocycles. The summed E-state index contributed by atoms with van der Waals surface area (Å²) in [5, 5.41) is 4.06. The van der Waals surface area contributed by atoms with Crippen LogP contribution in [-0.2, 0) is 0 Å². The molecule has 0 fully saturated rings. The predicted molar refractivity (Wildman–Crippen MR) is 66.0 cm³/mol. The number of nitrogens with one attached hydrogen (secondary N) is 1. The van der Waals surface area contributed by atoms with E-state index in [1.807, 2.05) is 13.0 Å². The van der Waals surface area contributed by atoms with Crippen molar-refractivity contribution in [2.45, 2.75) is 13.3 Å². The van der Waals surface area contributed by atoms with E-state index in [-0.39, 0.29) is 5.69 Å². The van der Waals surface area contributed by atoms with Crippen LogP contribution in [0.5, 0.6) is 0 Å². The van der Waals surface area contributed by atoms with Crippen molar-refractivity contribution in [3.05, 3.63) is 34.5 Å². The number of benzene rings is 1. The standard InChI is InChI=1S/C12H11ClF2N2/c1-6-3-4-7(13)11-10(6)8(16-2)5-9(17-11)12(14)15/h3-5,12H,1-2H3,(H,16,17). The first-order chi connectivity index (χ1) is 8.04. The van der Waals surface area contributed by atoms with Crippen molar-refractivity contribution in [3.8, 4) is 0 Å². The van der Waals surface area contributed by atoms with Gasteiger partial charge in [-0.1, -0.05) is 17.7 Å². The molecule has 1 heterocycles. The molecule has 2 nitrogen and oxygen atoms in total. The molecular formula is C12H11ClF2N2. The first-order valence-electron chi connectivity index (χ1n) is 5.10. The molecular weight excluding hydrogens is 246 g/mol. The van der Waals surface area contributed by atoms with E-state index in [0.717, 1.165) is 10.9 Å². The molecule has 1 N–H and O–H groups in total. The average Bonchev–Trinajstić information content (AvgIpc) is 2.32. The fraction of sp³-hybridized carbons (Fsp3) is 0.250. The summed E-state index contributed by atoms with van der Waals surface area (Å²) in [4.78, 5) is 3.92. The molecule has 1 aromatic carbocycles. The number of halogens is 3. The maximum atomic E-state index is 12.7. The molecule has 0 unspecified atom stereocenters. The van der Waals surface area contributed by atoms with Crippen molar-refractivity contribution in [1.29, 1.82) is 0 Å². The number of anilines is 1. The number of rotatable bonds is 2. The van der Waals surface area contributed by atoms with E-state index >= 15 is 0 Å². The van der Waals surface area contributed by atoms with Crippen LogP contribution in [0.4, 0.5) is 14.5 Å². The van der Waals surface area contributed by atoms with Gasteiger partial charge in [0.1, 0.15) is 5.69 Å². The first kappa shape index (κ1) is 12.0. The molecule has 0 aliphatic rings. The van der Waals surface area contributed by atoms with E-state index in [4.69, 9.17) is 11.6 Å². The van der Waals surface area contributed by atoms with Gasteiger partial charge in [-0.3, -0.25) is 0 Å². The van der Waals surface area contributed by atoms with Crippen molar-refractivity contribution in [1.82, 2.24) is 4.98 Å². The lowest BCUT2D eigenvalue weighted by molar-refractivity contribution is 0.146. The van der Waals surface area contributed by atoms with Gasteiger partial charge >= 0.3 is 0 Å². The smallest absolute Gasteiger partial charge is 0.280 e. The van der Waals surface area contributed by atoms with E-state index in [0.29, 0.717) is 16.2 Å². The zero-order valence-electron chi connectivity index (χ0n) is 9.39. The number of aryl methyl sites for hydroxylation is 1. The van der Waals surface area contributed by atoms with E-state index in [1.54, 1.807) is 13.1 Å². The Kier molecular flexibility index (Phi) is 3.15. The summed E-state index contributed by atoms with van der Waals surface area (Å²) in [6.45, 7) is 1.89. The first-order valence-corrected chi connectivity index (χ1v) is 5.48. The van der Waals surface area contributed by atoms with Crippen molar-refractivity contribution < 1.29 is 8.78 Å². The molecule has 0 aliphatic carbocycles. The lowest BCUT2D eigenvalue weighted by Gasteiger charge is -2.12. The number of hydrogen-bond acceptors (Lipinski definition) is 2. The third-order valence-corrected chi connectivity index (χ3v) is 2.94. The van der Waals surface area contributed by atoms with Gasteiger partial charge < -0.3 is 5.32 Å². The van der Waals surface area contributed by atoms with Crippen LogP contribution in [0.25, 0.3) is 10.9 Å². The van der Waals surface area contributed by atoms with Gasteiger partial charge in [-0.05, 0) is 24.6 Å². The predicted octanol–water partition coefficient (Wildman–Crippen LogP) is 4.18. The molecule has 2 aromatic rings. The van der Waals surface area contributed by atoms with Crippen LogP contribution < -0.4 is 5.32 Å².